The van der Waals surface area contributed by atoms with E-state index in [1.807, 2.05) is 45.5 Å². The summed E-state index contributed by atoms with van der Waals surface area (Å²) in [5.41, 5.74) is 1.27. The molecular weight excluding hydrogens is 320 g/mol. The van der Waals surface area contributed by atoms with Gasteiger partial charge in [0, 0.05) is 32.1 Å². The van der Waals surface area contributed by atoms with E-state index in [2.05, 4.69) is 12.1 Å². The maximum atomic E-state index is 12.7. The highest BCUT2D eigenvalue weighted by Crippen LogP contribution is 2.48. The van der Waals surface area contributed by atoms with Crippen LogP contribution in [0.5, 0.6) is 0 Å². The lowest BCUT2D eigenvalue weighted by atomic mass is 10.1. The SMILES string of the molecule is O=C(c1cccs1)N1CCN(C(=O)[C@H]2C[C@H]2c2ccccc2)CC1. The second-order valence-corrected chi connectivity index (χ2v) is 7.40. The summed E-state index contributed by atoms with van der Waals surface area (Å²) in [6.07, 6.45) is 0.956. The van der Waals surface area contributed by atoms with Gasteiger partial charge in [-0.1, -0.05) is 36.4 Å². The number of carbonyl (C=O) groups excluding carboxylic acids is 2. The summed E-state index contributed by atoms with van der Waals surface area (Å²) in [6.45, 7) is 2.55. The summed E-state index contributed by atoms with van der Waals surface area (Å²) in [5.74, 6) is 0.856. The zero-order valence-corrected chi connectivity index (χ0v) is 14.2. The average Bonchev–Trinajstić information content (AvgIpc) is 3.26. The minimum absolute atomic E-state index is 0.0886. The van der Waals surface area contributed by atoms with Gasteiger partial charge in [-0.05, 0) is 29.3 Å². The van der Waals surface area contributed by atoms with Gasteiger partial charge in [-0.3, -0.25) is 9.59 Å². The van der Waals surface area contributed by atoms with Gasteiger partial charge in [-0.2, -0.15) is 0 Å². The molecular formula is C19H20N2O2S. The van der Waals surface area contributed by atoms with Gasteiger partial charge in [0.05, 0.1) is 4.88 Å². The van der Waals surface area contributed by atoms with Gasteiger partial charge in [0.25, 0.3) is 5.91 Å². The molecule has 2 aromatic rings. The molecule has 1 aromatic carbocycles. The third-order valence-electron chi connectivity index (χ3n) is 4.95. The van der Waals surface area contributed by atoms with Crippen LogP contribution in [0.15, 0.2) is 47.8 Å². The highest BCUT2D eigenvalue weighted by Gasteiger charge is 2.46. The molecule has 0 unspecified atom stereocenters. The monoisotopic (exact) mass is 340 g/mol. The molecule has 0 spiro atoms. The average molecular weight is 340 g/mol. The Morgan fingerprint density at radius 1 is 0.917 bits per heavy atom. The van der Waals surface area contributed by atoms with E-state index in [1.165, 1.54) is 16.9 Å². The lowest BCUT2D eigenvalue weighted by Gasteiger charge is -2.34. The quantitative estimate of drug-likeness (QED) is 0.862. The summed E-state index contributed by atoms with van der Waals surface area (Å²) >= 11 is 1.47. The molecule has 4 rings (SSSR count). The van der Waals surface area contributed by atoms with Crippen LogP contribution in [-0.4, -0.2) is 47.8 Å². The van der Waals surface area contributed by atoms with Gasteiger partial charge in [0.2, 0.25) is 5.91 Å². The van der Waals surface area contributed by atoms with Gasteiger partial charge in [0.1, 0.15) is 0 Å². The van der Waals surface area contributed by atoms with Crippen molar-refractivity contribution in [2.75, 3.05) is 26.2 Å². The molecule has 4 nitrogen and oxygen atoms in total. The van der Waals surface area contributed by atoms with Gasteiger partial charge in [-0.25, -0.2) is 0 Å². The fourth-order valence-corrected chi connectivity index (χ4v) is 4.15. The first-order valence-electron chi connectivity index (χ1n) is 8.40. The number of amides is 2. The summed E-state index contributed by atoms with van der Waals surface area (Å²) in [4.78, 5) is 29.6. The lowest BCUT2D eigenvalue weighted by Crippen LogP contribution is -2.51. The van der Waals surface area contributed by atoms with Crippen molar-refractivity contribution in [3.63, 3.8) is 0 Å². The Kier molecular flexibility index (Phi) is 4.10. The van der Waals surface area contributed by atoms with Crippen LogP contribution in [0.2, 0.25) is 0 Å². The van der Waals surface area contributed by atoms with E-state index >= 15 is 0 Å². The van der Waals surface area contributed by atoms with Crippen molar-refractivity contribution < 1.29 is 9.59 Å². The highest BCUT2D eigenvalue weighted by atomic mass is 32.1. The van der Waals surface area contributed by atoms with Crippen molar-refractivity contribution in [3.05, 3.63) is 58.3 Å². The molecule has 2 amide bonds. The van der Waals surface area contributed by atoms with Gasteiger partial charge in [0.15, 0.2) is 0 Å². The molecule has 0 bridgehead atoms. The zero-order chi connectivity index (χ0) is 16.5. The minimum atomic E-state index is 0.0886. The van der Waals surface area contributed by atoms with E-state index in [0.29, 0.717) is 32.1 Å². The molecule has 1 aliphatic carbocycles. The van der Waals surface area contributed by atoms with Gasteiger partial charge >= 0.3 is 0 Å². The first-order valence-corrected chi connectivity index (χ1v) is 9.28. The highest BCUT2D eigenvalue weighted by molar-refractivity contribution is 7.12. The molecule has 24 heavy (non-hydrogen) atoms. The lowest BCUT2D eigenvalue weighted by molar-refractivity contribution is -0.134. The topological polar surface area (TPSA) is 40.6 Å². The van der Waals surface area contributed by atoms with E-state index < -0.39 is 0 Å². The second kappa shape index (κ2) is 6.40. The minimum Gasteiger partial charge on any atom is -0.339 e. The maximum absolute atomic E-state index is 12.7. The fraction of sp³-hybridized carbons (Fsp3) is 0.368. The van der Waals surface area contributed by atoms with Crippen molar-refractivity contribution in [1.29, 1.82) is 0 Å². The van der Waals surface area contributed by atoms with Crippen molar-refractivity contribution in [2.24, 2.45) is 5.92 Å². The van der Waals surface area contributed by atoms with Crippen molar-refractivity contribution in [3.8, 4) is 0 Å². The smallest absolute Gasteiger partial charge is 0.264 e. The Morgan fingerprint density at radius 2 is 1.62 bits per heavy atom. The first kappa shape index (κ1) is 15.4. The van der Waals surface area contributed by atoms with E-state index in [0.717, 1.165) is 11.3 Å². The van der Waals surface area contributed by atoms with Crippen LogP contribution in [0.1, 0.15) is 27.6 Å². The van der Waals surface area contributed by atoms with Crippen molar-refractivity contribution >= 4 is 23.2 Å². The largest absolute Gasteiger partial charge is 0.339 e. The first-order chi connectivity index (χ1) is 11.7. The van der Waals surface area contributed by atoms with Crippen LogP contribution in [-0.2, 0) is 4.79 Å². The molecule has 1 aromatic heterocycles. The standard InChI is InChI=1S/C19H20N2O2S/c22-18(16-13-15(16)14-5-2-1-3-6-14)20-8-10-21(11-9-20)19(23)17-7-4-12-24-17/h1-7,12,15-16H,8-11,13H2/t15-,16-/m0/s1. The van der Waals surface area contributed by atoms with Crippen LogP contribution in [0, 0.1) is 5.92 Å². The molecule has 1 saturated carbocycles. The third kappa shape index (κ3) is 2.96. The maximum Gasteiger partial charge on any atom is 0.264 e. The third-order valence-corrected chi connectivity index (χ3v) is 5.80. The Labute approximate surface area is 145 Å². The second-order valence-electron chi connectivity index (χ2n) is 6.45. The molecule has 1 saturated heterocycles. The number of piperazine rings is 1. The summed E-state index contributed by atoms with van der Waals surface area (Å²) in [6, 6.07) is 14.0. The molecule has 2 atom stereocenters. The molecule has 124 valence electrons. The zero-order valence-electron chi connectivity index (χ0n) is 13.4. The molecule has 2 fully saturated rings. The molecule has 0 radical (unpaired) electrons. The van der Waals surface area contributed by atoms with E-state index in [1.54, 1.807) is 0 Å². The van der Waals surface area contributed by atoms with E-state index in [9.17, 15) is 9.59 Å². The van der Waals surface area contributed by atoms with Crippen LogP contribution in [0.4, 0.5) is 0 Å². The van der Waals surface area contributed by atoms with Crippen LogP contribution in [0.3, 0.4) is 0 Å². The van der Waals surface area contributed by atoms with E-state index in [4.69, 9.17) is 0 Å². The number of hydrogen-bond acceptors (Lipinski definition) is 3. The van der Waals surface area contributed by atoms with Crippen molar-refractivity contribution in [1.82, 2.24) is 9.80 Å². The summed E-state index contributed by atoms with van der Waals surface area (Å²) in [7, 11) is 0. The Hall–Kier alpha value is -2.14. The number of carbonyl (C=O) groups is 2. The number of thiophene rings is 1. The fourth-order valence-electron chi connectivity index (χ4n) is 3.46. The predicted octanol–water partition coefficient (Wildman–Crippen LogP) is 2.84. The molecule has 0 N–H and O–H groups in total. The number of nitrogens with zero attached hydrogens (tertiary/aromatic N) is 2. The Morgan fingerprint density at radius 3 is 2.29 bits per heavy atom. The van der Waals surface area contributed by atoms with E-state index in [-0.39, 0.29) is 17.7 Å². The summed E-state index contributed by atoms with van der Waals surface area (Å²) in [5, 5.41) is 1.92. The van der Waals surface area contributed by atoms with Gasteiger partial charge < -0.3 is 9.80 Å². The van der Waals surface area contributed by atoms with Gasteiger partial charge in [-0.15, -0.1) is 11.3 Å². The molecule has 5 heteroatoms. The number of benzene rings is 1. The number of rotatable bonds is 3. The van der Waals surface area contributed by atoms with Crippen LogP contribution in [0.25, 0.3) is 0 Å². The Bertz CT molecular complexity index is 721. The number of hydrogen-bond donors (Lipinski definition) is 0. The molecule has 2 heterocycles. The Balaban J connectivity index is 1.32. The molecule has 2 aliphatic rings. The van der Waals surface area contributed by atoms with Crippen molar-refractivity contribution in [2.45, 2.75) is 12.3 Å². The molecule has 1 aliphatic heterocycles. The van der Waals surface area contributed by atoms with Crippen LogP contribution < -0.4 is 0 Å². The van der Waals surface area contributed by atoms with Crippen LogP contribution >= 0.6 is 11.3 Å². The summed E-state index contributed by atoms with van der Waals surface area (Å²) < 4.78 is 0. The normalized spacial score (nSPS) is 23.2. The predicted molar refractivity (Wildman–Crippen MR) is 94.1 cm³/mol.